The molecule has 0 aliphatic rings. The van der Waals surface area contributed by atoms with E-state index in [9.17, 15) is 19.7 Å². The Kier molecular flexibility index (Phi) is 3.60. The summed E-state index contributed by atoms with van der Waals surface area (Å²) in [5.41, 5.74) is 0.203. The Morgan fingerprint density at radius 2 is 1.85 bits per heavy atom. The van der Waals surface area contributed by atoms with Crippen LogP contribution < -0.4 is 5.56 Å². The minimum Gasteiger partial charge on any atom is -0.465 e. The quantitative estimate of drug-likeness (QED) is 0.481. The molecule has 1 aromatic heterocycles. The number of aromatic nitrogens is 1. The molecule has 0 radical (unpaired) electrons. The van der Waals surface area contributed by atoms with Crippen LogP contribution in [-0.4, -0.2) is 22.6 Å². The molecule has 2 rings (SSSR count). The van der Waals surface area contributed by atoms with Gasteiger partial charge in [0.25, 0.3) is 11.2 Å². The van der Waals surface area contributed by atoms with Gasteiger partial charge in [0.05, 0.1) is 17.6 Å². The van der Waals surface area contributed by atoms with Crippen LogP contribution in [0.1, 0.15) is 10.4 Å². The van der Waals surface area contributed by atoms with Crippen LogP contribution in [0.2, 0.25) is 0 Å². The van der Waals surface area contributed by atoms with Crippen molar-refractivity contribution in [1.82, 2.24) is 4.57 Å². The molecule has 0 spiro atoms. The maximum Gasteiger partial charge on any atom is 0.339 e. The van der Waals surface area contributed by atoms with Gasteiger partial charge in [-0.15, -0.1) is 0 Å². The number of nitrogens with zero attached hydrogens (tertiary/aromatic N) is 2. The lowest BCUT2D eigenvalue weighted by atomic mass is 10.2. The minimum absolute atomic E-state index is 0.0779. The largest absolute Gasteiger partial charge is 0.465 e. The monoisotopic (exact) mass is 274 g/mol. The van der Waals surface area contributed by atoms with Gasteiger partial charge in [-0.3, -0.25) is 19.5 Å². The molecule has 1 aromatic carbocycles. The second-order valence-corrected chi connectivity index (χ2v) is 3.89. The molecule has 0 atom stereocenters. The lowest BCUT2D eigenvalue weighted by Crippen LogP contribution is -2.18. The van der Waals surface area contributed by atoms with Crippen LogP contribution in [0.4, 0.5) is 5.69 Å². The Labute approximate surface area is 113 Å². The summed E-state index contributed by atoms with van der Waals surface area (Å²) in [5, 5.41) is 10.6. The van der Waals surface area contributed by atoms with Gasteiger partial charge in [-0.1, -0.05) is 0 Å². The number of esters is 1. The standard InChI is InChI=1S/C13H10N2O5/c1-20-13(17)9-2-7-12(16)14(8-9)10-3-5-11(6-4-10)15(18)19/h2-8H,1H3. The van der Waals surface area contributed by atoms with Gasteiger partial charge >= 0.3 is 5.97 Å². The summed E-state index contributed by atoms with van der Waals surface area (Å²) in [6, 6.07) is 8.02. The predicted octanol–water partition coefficient (Wildman–Crippen LogP) is 1.53. The molecule has 1 heterocycles. The summed E-state index contributed by atoms with van der Waals surface area (Å²) in [6.45, 7) is 0. The fourth-order valence-corrected chi connectivity index (χ4v) is 1.66. The van der Waals surface area contributed by atoms with E-state index >= 15 is 0 Å². The van der Waals surface area contributed by atoms with Crippen LogP contribution >= 0.6 is 0 Å². The molecule has 20 heavy (non-hydrogen) atoms. The number of methoxy groups -OCH3 is 1. The van der Waals surface area contributed by atoms with Crippen molar-refractivity contribution in [3.63, 3.8) is 0 Å². The van der Waals surface area contributed by atoms with Crippen molar-refractivity contribution < 1.29 is 14.5 Å². The van der Waals surface area contributed by atoms with Gasteiger partial charge < -0.3 is 4.74 Å². The maximum atomic E-state index is 11.8. The molecule has 0 unspecified atom stereocenters. The zero-order chi connectivity index (χ0) is 14.7. The molecule has 0 fully saturated rings. The number of non-ortho nitro benzene ring substituents is 1. The van der Waals surface area contributed by atoms with Gasteiger partial charge in [0.1, 0.15) is 0 Å². The van der Waals surface area contributed by atoms with E-state index in [2.05, 4.69) is 4.74 Å². The van der Waals surface area contributed by atoms with Gasteiger partial charge in [-0.2, -0.15) is 0 Å². The zero-order valence-corrected chi connectivity index (χ0v) is 10.5. The number of nitro benzene ring substituents is 1. The Hall–Kier alpha value is -2.96. The summed E-state index contributed by atoms with van der Waals surface area (Å²) >= 11 is 0. The van der Waals surface area contributed by atoms with Crippen molar-refractivity contribution in [2.45, 2.75) is 0 Å². The first-order valence-corrected chi connectivity index (χ1v) is 5.59. The molecular weight excluding hydrogens is 264 g/mol. The highest BCUT2D eigenvalue weighted by Gasteiger charge is 2.10. The molecule has 0 bridgehead atoms. The van der Waals surface area contributed by atoms with E-state index in [0.717, 1.165) is 0 Å². The Balaban J connectivity index is 2.48. The molecule has 0 N–H and O–H groups in total. The van der Waals surface area contributed by atoms with Gasteiger partial charge in [-0.25, -0.2) is 4.79 Å². The average molecular weight is 274 g/mol. The molecule has 7 nitrogen and oxygen atoms in total. The van der Waals surface area contributed by atoms with Crippen LogP contribution in [0.15, 0.2) is 47.4 Å². The Morgan fingerprint density at radius 1 is 1.20 bits per heavy atom. The fourth-order valence-electron chi connectivity index (χ4n) is 1.66. The molecule has 102 valence electrons. The van der Waals surface area contributed by atoms with Crippen molar-refractivity contribution in [2.24, 2.45) is 0 Å². The topological polar surface area (TPSA) is 91.4 Å². The van der Waals surface area contributed by atoms with Crippen molar-refractivity contribution in [1.29, 1.82) is 0 Å². The van der Waals surface area contributed by atoms with E-state index in [4.69, 9.17) is 0 Å². The number of rotatable bonds is 3. The molecule has 0 amide bonds. The summed E-state index contributed by atoms with van der Waals surface area (Å²) in [6.07, 6.45) is 1.33. The highest BCUT2D eigenvalue weighted by molar-refractivity contribution is 5.88. The van der Waals surface area contributed by atoms with Crippen LogP contribution in [0.5, 0.6) is 0 Å². The zero-order valence-electron chi connectivity index (χ0n) is 10.5. The highest BCUT2D eigenvalue weighted by atomic mass is 16.6. The molecule has 0 saturated carbocycles. The normalized spacial score (nSPS) is 10.1. The maximum absolute atomic E-state index is 11.8. The second kappa shape index (κ2) is 5.35. The molecule has 0 aliphatic carbocycles. The average Bonchev–Trinajstić information content (AvgIpc) is 2.47. The van der Waals surface area contributed by atoms with Crippen LogP contribution in [0, 0.1) is 10.1 Å². The van der Waals surface area contributed by atoms with E-state index in [-0.39, 0.29) is 16.8 Å². The number of hydrogen-bond acceptors (Lipinski definition) is 5. The van der Waals surface area contributed by atoms with Gasteiger partial charge in [0.15, 0.2) is 0 Å². The molecular formula is C13H10N2O5. The molecule has 7 heteroatoms. The second-order valence-electron chi connectivity index (χ2n) is 3.89. The molecule has 0 saturated heterocycles. The first-order valence-electron chi connectivity index (χ1n) is 5.59. The lowest BCUT2D eigenvalue weighted by Gasteiger charge is -2.07. The predicted molar refractivity (Wildman–Crippen MR) is 70.0 cm³/mol. The van der Waals surface area contributed by atoms with Crippen molar-refractivity contribution in [2.75, 3.05) is 7.11 Å². The summed E-state index contributed by atoms with van der Waals surface area (Å²) in [4.78, 5) is 33.2. The number of nitro groups is 1. The van der Waals surface area contributed by atoms with Gasteiger partial charge in [0, 0.05) is 30.1 Å². The molecule has 0 aliphatic heterocycles. The lowest BCUT2D eigenvalue weighted by molar-refractivity contribution is -0.384. The summed E-state index contributed by atoms with van der Waals surface area (Å²) < 4.78 is 5.79. The van der Waals surface area contributed by atoms with Gasteiger partial charge in [-0.05, 0) is 18.2 Å². The van der Waals surface area contributed by atoms with E-state index < -0.39 is 10.9 Å². The SMILES string of the molecule is COC(=O)c1ccc(=O)n(-c2ccc([N+](=O)[O-])cc2)c1. The van der Waals surface area contributed by atoms with Gasteiger partial charge in [0.2, 0.25) is 0 Å². The number of hydrogen-bond donors (Lipinski definition) is 0. The Bertz CT molecular complexity index is 718. The summed E-state index contributed by atoms with van der Waals surface area (Å²) in [5.74, 6) is -0.569. The van der Waals surface area contributed by atoms with Crippen molar-refractivity contribution >= 4 is 11.7 Å². The minimum atomic E-state index is -0.569. The number of carbonyl (C=O) groups is 1. The first kappa shape index (κ1) is 13.5. The third-order valence-corrected chi connectivity index (χ3v) is 2.67. The Morgan fingerprint density at radius 3 is 2.40 bits per heavy atom. The van der Waals surface area contributed by atoms with E-state index in [1.807, 2.05) is 0 Å². The number of benzene rings is 1. The van der Waals surface area contributed by atoms with E-state index in [1.54, 1.807) is 0 Å². The van der Waals surface area contributed by atoms with Crippen LogP contribution in [0.25, 0.3) is 5.69 Å². The van der Waals surface area contributed by atoms with Crippen molar-refractivity contribution in [3.8, 4) is 5.69 Å². The fraction of sp³-hybridized carbons (Fsp3) is 0.0769. The third kappa shape index (κ3) is 2.56. The third-order valence-electron chi connectivity index (χ3n) is 2.67. The van der Waals surface area contributed by atoms with Crippen molar-refractivity contribution in [3.05, 3.63) is 68.6 Å². The smallest absolute Gasteiger partial charge is 0.339 e. The number of carbonyl (C=O) groups excluding carboxylic acids is 1. The summed E-state index contributed by atoms with van der Waals surface area (Å²) in [7, 11) is 1.24. The number of ether oxygens (including phenoxy) is 1. The number of pyridine rings is 1. The first-order chi connectivity index (χ1) is 9.52. The molecule has 2 aromatic rings. The van der Waals surface area contributed by atoms with Crippen LogP contribution in [-0.2, 0) is 4.74 Å². The van der Waals surface area contributed by atoms with E-state index in [1.165, 1.54) is 54.3 Å². The van der Waals surface area contributed by atoms with E-state index in [0.29, 0.717) is 5.69 Å². The van der Waals surface area contributed by atoms with Crippen LogP contribution in [0.3, 0.4) is 0 Å². The highest BCUT2D eigenvalue weighted by Crippen LogP contribution is 2.14.